The Balaban J connectivity index is 1.73. The van der Waals surface area contributed by atoms with Gasteiger partial charge >= 0.3 is 0 Å². The normalized spacial score (nSPS) is 24.8. The van der Waals surface area contributed by atoms with E-state index in [1.165, 1.54) is 44.6 Å². The summed E-state index contributed by atoms with van der Waals surface area (Å²) in [6.45, 7) is 17.7. The van der Waals surface area contributed by atoms with Crippen molar-refractivity contribution in [1.29, 1.82) is 0 Å². The second-order valence-electron chi connectivity index (χ2n) is 9.06. The van der Waals surface area contributed by atoms with E-state index in [9.17, 15) is 0 Å². The summed E-state index contributed by atoms with van der Waals surface area (Å²) in [5, 5.41) is 2.03. The van der Waals surface area contributed by atoms with Crippen LogP contribution >= 0.6 is 0 Å². The van der Waals surface area contributed by atoms with Gasteiger partial charge in [-0.1, -0.05) is 39.8 Å². The lowest BCUT2D eigenvalue weighted by molar-refractivity contribution is 0.00720. The zero-order chi connectivity index (χ0) is 19.8. The first-order chi connectivity index (χ1) is 12.9. The molecule has 1 aliphatic heterocycles. The first kappa shape index (κ1) is 22.4. The molecule has 4 heteroatoms. The minimum atomic E-state index is 0.407. The Morgan fingerprint density at radius 1 is 1.11 bits per heavy atom. The zero-order valence-corrected chi connectivity index (χ0v) is 18.3. The van der Waals surface area contributed by atoms with Gasteiger partial charge < -0.3 is 14.6 Å². The third-order valence-corrected chi connectivity index (χ3v) is 6.17. The topological polar surface area (TPSA) is 41.7 Å². The van der Waals surface area contributed by atoms with Crippen LogP contribution in [-0.4, -0.2) is 48.3 Å². The van der Waals surface area contributed by atoms with Gasteiger partial charge in [-0.05, 0) is 75.9 Å². The summed E-state index contributed by atoms with van der Waals surface area (Å²) in [4.78, 5) is 2.57. The maximum Gasteiger partial charge on any atom is 0.0576 e. The summed E-state index contributed by atoms with van der Waals surface area (Å²) in [5.74, 6) is 7.42. The number of nitrogens with zero attached hydrogens (tertiary/aromatic N) is 2. The molecule has 0 unspecified atom stereocenters. The van der Waals surface area contributed by atoms with Crippen LogP contribution in [0.15, 0.2) is 23.9 Å². The van der Waals surface area contributed by atoms with Crippen molar-refractivity contribution in [3.63, 3.8) is 0 Å². The minimum absolute atomic E-state index is 0.407. The van der Waals surface area contributed by atoms with Crippen molar-refractivity contribution in [2.24, 2.45) is 17.7 Å². The number of allylic oxidation sites excluding steroid dienone is 3. The number of nitrogens with two attached hydrogens (primary N) is 1. The van der Waals surface area contributed by atoms with E-state index in [2.05, 4.69) is 45.2 Å². The molecule has 2 fully saturated rings. The molecule has 27 heavy (non-hydrogen) atoms. The molecular weight excluding hydrogens is 334 g/mol. The van der Waals surface area contributed by atoms with Crippen molar-refractivity contribution in [2.75, 3.05) is 26.2 Å². The van der Waals surface area contributed by atoms with Crippen LogP contribution in [-0.2, 0) is 4.74 Å². The summed E-state index contributed by atoms with van der Waals surface area (Å²) in [6, 6.07) is 0.420. The monoisotopic (exact) mass is 377 g/mol. The molecule has 4 nitrogen and oxygen atoms in total. The van der Waals surface area contributed by atoms with Gasteiger partial charge in [-0.3, -0.25) is 0 Å². The Morgan fingerprint density at radius 3 is 2.30 bits per heavy atom. The van der Waals surface area contributed by atoms with Crippen LogP contribution in [0.2, 0.25) is 0 Å². The second-order valence-corrected chi connectivity index (χ2v) is 9.06. The molecule has 0 bridgehead atoms. The highest BCUT2D eigenvalue weighted by Crippen LogP contribution is 2.28. The van der Waals surface area contributed by atoms with Gasteiger partial charge in [-0.25, -0.2) is 5.84 Å². The molecule has 0 amide bonds. The smallest absolute Gasteiger partial charge is 0.0576 e. The number of likely N-dealkylation sites (tertiary alicyclic amines) is 1. The number of ether oxygens (including phenoxy) is 1. The molecule has 2 rings (SSSR count). The van der Waals surface area contributed by atoms with E-state index in [-0.39, 0.29) is 0 Å². The molecule has 0 aromatic carbocycles. The van der Waals surface area contributed by atoms with Crippen molar-refractivity contribution in [3.8, 4) is 0 Å². The van der Waals surface area contributed by atoms with Crippen LogP contribution < -0.4 is 5.84 Å². The van der Waals surface area contributed by atoms with Crippen LogP contribution in [0.5, 0.6) is 0 Å². The lowest BCUT2D eigenvalue weighted by Gasteiger charge is -2.38. The lowest BCUT2D eigenvalue weighted by Crippen LogP contribution is -2.44. The first-order valence-electron chi connectivity index (χ1n) is 11.2. The predicted molar refractivity (Wildman–Crippen MR) is 115 cm³/mol. The second kappa shape index (κ2) is 11.2. The molecule has 0 atom stereocenters. The zero-order valence-electron chi connectivity index (χ0n) is 18.3. The Hall–Kier alpha value is -0.840. The fraction of sp³-hybridized carbons (Fsp3) is 0.826. The van der Waals surface area contributed by atoms with E-state index in [1.807, 2.05) is 5.01 Å². The van der Waals surface area contributed by atoms with Gasteiger partial charge in [-0.15, -0.1) is 0 Å². The molecular formula is C23H43N3O. The number of rotatable bonds is 10. The fourth-order valence-corrected chi connectivity index (χ4v) is 4.14. The Kier molecular flexibility index (Phi) is 9.34. The first-order valence-corrected chi connectivity index (χ1v) is 11.2. The maximum atomic E-state index is 6.56. The molecule has 1 heterocycles. The van der Waals surface area contributed by atoms with Gasteiger partial charge in [0.2, 0.25) is 0 Å². The number of hydrogen-bond donors (Lipinski definition) is 1. The minimum Gasteiger partial charge on any atom is -0.378 e. The molecule has 156 valence electrons. The van der Waals surface area contributed by atoms with Gasteiger partial charge in [0.1, 0.15) is 0 Å². The average molecular weight is 378 g/mol. The van der Waals surface area contributed by atoms with Crippen LogP contribution in [0.4, 0.5) is 0 Å². The van der Waals surface area contributed by atoms with Crippen LogP contribution in [0.3, 0.4) is 0 Å². The summed E-state index contributed by atoms with van der Waals surface area (Å²) >= 11 is 0. The van der Waals surface area contributed by atoms with Crippen molar-refractivity contribution >= 4 is 0 Å². The van der Waals surface area contributed by atoms with Crippen LogP contribution in [0.1, 0.15) is 72.6 Å². The quantitative estimate of drug-likeness (QED) is 0.259. The lowest BCUT2D eigenvalue weighted by atomic mass is 9.91. The molecule has 1 saturated carbocycles. The molecule has 0 aromatic rings. The predicted octanol–water partition coefficient (Wildman–Crippen LogP) is 4.73. The molecule has 0 spiro atoms. The van der Waals surface area contributed by atoms with E-state index < -0.39 is 0 Å². The molecule has 0 radical (unpaired) electrons. The number of hydrazine groups is 1. The van der Waals surface area contributed by atoms with Crippen LogP contribution in [0, 0.1) is 11.8 Å². The molecule has 0 aromatic heterocycles. The maximum absolute atomic E-state index is 6.56. The highest BCUT2D eigenvalue weighted by atomic mass is 16.5. The van der Waals surface area contributed by atoms with Gasteiger partial charge in [-0.2, -0.15) is 0 Å². The Labute approximate surface area is 167 Å². The van der Waals surface area contributed by atoms with E-state index in [0.717, 1.165) is 37.9 Å². The summed E-state index contributed by atoms with van der Waals surface area (Å²) in [5.41, 5.74) is 2.37. The van der Waals surface area contributed by atoms with Crippen molar-refractivity contribution in [1.82, 2.24) is 9.91 Å². The summed E-state index contributed by atoms with van der Waals surface area (Å²) in [6.07, 6.45) is 11.0. The average Bonchev–Trinajstić information content (AvgIpc) is 3.16. The molecule has 2 N–H and O–H groups in total. The largest absolute Gasteiger partial charge is 0.378 e. The molecule has 1 aliphatic carbocycles. The third kappa shape index (κ3) is 7.24. The molecule has 1 saturated heterocycles. The van der Waals surface area contributed by atoms with Gasteiger partial charge in [0.25, 0.3) is 0 Å². The number of hydrogen-bond acceptors (Lipinski definition) is 4. The van der Waals surface area contributed by atoms with Crippen molar-refractivity contribution in [2.45, 2.75) is 84.8 Å². The summed E-state index contributed by atoms with van der Waals surface area (Å²) < 4.78 is 6.16. The van der Waals surface area contributed by atoms with Crippen LogP contribution in [0.25, 0.3) is 0 Å². The van der Waals surface area contributed by atoms with Gasteiger partial charge in [0, 0.05) is 24.9 Å². The van der Waals surface area contributed by atoms with Gasteiger partial charge in [0.15, 0.2) is 0 Å². The standard InChI is InChI=1S/C23H43N3O/c1-18(2)20(5)17-23(19(3)4)26(24)21-9-11-22(12-10-21)27-16-8-15-25-13-6-7-14-25/h17-19,21-22H,5-16,24H2,1-4H3/b23-17-. The third-order valence-electron chi connectivity index (χ3n) is 6.17. The SMILES string of the molecule is C=C(/C=C(/C(C)C)N(N)C1CCC(OCCCN2CCCC2)CC1)C(C)C. The van der Waals surface area contributed by atoms with E-state index in [1.54, 1.807) is 0 Å². The summed E-state index contributed by atoms with van der Waals surface area (Å²) in [7, 11) is 0. The van der Waals surface area contributed by atoms with E-state index >= 15 is 0 Å². The van der Waals surface area contributed by atoms with Crippen molar-refractivity contribution < 1.29 is 4.74 Å². The highest BCUT2D eigenvalue weighted by Gasteiger charge is 2.27. The van der Waals surface area contributed by atoms with Gasteiger partial charge in [0.05, 0.1) is 6.10 Å². The fourth-order valence-electron chi connectivity index (χ4n) is 4.14. The van der Waals surface area contributed by atoms with E-state index in [4.69, 9.17) is 10.6 Å². The Morgan fingerprint density at radius 2 is 1.74 bits per heavy atom. The molecule has 2 aliphatic rings. The van der Waals surface area contributed by atoms with Crippen molar-refractivity contribution in [3.05, 3.63) is 23.9 Å². The Bertz CT molecular complexity index is 472. The van der Waals surface area contributed by atoms with E-state index in [0.29, 0.717) is 24.0 Å². The highest BCUT2D eigenvalue weighted by molar-refractivity contribution is 5.23.